The number of nitrogens with zero attached hydrogens (tertiary/aromatic N) is 1. The summed E-state index contributed by atoms with van der Waals surface area (Å²) in [5.41, 5.74) is 5.14. The molecule has 0 aromatic heterocycles. The van der Waals surface area contributed by atoms with Gasteiger partial charge in [0.05, 0.1) is 6.54 Å². The normalized spacial score (nSPS) is 13.3. The summed E-state index contributed by atoms with van der Waals surface area (Å²) in [6.07, 6.45) is 0. The van der Waals surface area contributed by atoms with Crippen molar-refractivity contribution in [2.75, 3.05) is 4.90 Å². The Morgan fingerprint density at radius 3 is 2.27 bits per heavy atom. The second kappa shape index (κ2) is 5.15. The third kappa shape index (κ3) is 2.09. The van der Waals surface area contributed by atoms with Crippen molar-refractivity contribution in [3.8, 4) is 11.1 Å². The average molecular weight is 285 g/mol. The third-order valence-corrected chi connectivity index (χ3v) is 4.09. The van der Waals surface area contributed by atoms with Crippen LogP contribution in [0.3, 0.4) is 0 Å². The highest BCUT2D eigenvalue weighted by molar-refractivity contribution is 6.10. The van der Waals surface area contributed by atoms with Gasteiger partial charge in [0.25, 0.3) is 5.91 Å². The van der Waals surface area contributed by atoms with Crippen molar-refractivity contribution in [2.45, 2.75) is 6.54 Å². The van der Waals surface area contributed by atoms with Crippen LogP contribution in [-0.4, -0.2) is 5.91 Å². The van der Waals surface area contributed by atoms with Crippen LogP contribution < -0.4 is 4.90 Å². The molecule has 0 aliphatic carbocycles. The zero-order valence-corrected chi connectivity index (χ0v) is 12.1. The molecule has 3 aromatic rings. The van der Waals surface area contributed by atoms with Crippen molar-refractivity contribution in [2.24, 2.45) is 0 Å². The lowest BCUT2D eigenvalue weighted by atomic mass is 10.1. The van der Waals surface area contributed by atoms with E-state index in [1.54, 1.807) is 0 Å². The number of rotatable bonds is 2. The summed E-state index contributed by atoms with van der Waals surface area (Å²) < 4.78 is 0. The van der Waals surface area contributed by atoms with Crippen LogP contribution in [0.15, 0.2) is 78.9 Å². The Morgan fingerprint density at radius 1 is 0.727 bits per heavy atom. The van der Waals surface area contributed by atoms with E-state index < -0.39 is 0 Å². The zero-order chi connectivity index (χ0) is 14.9. The van der Waals surface area contributed by atoms with Gasteiger partial charge in [-0.2, -0.15) is 0 Å². The Bertz CT molecular complexity index is 839. The van der Waals surface area contributed by atoms with Gasteiger partial charge in [-0.05, 0) is 34.9 Å². The summed E-state index contributed by atoms with van der Waals surface area (Å²) in [5, 5.41) is 0. The molecule has 0 bridgehead atoms. The molecule has 1 heterocycles. The lowest BCUT2D eigenvalue weighted by Crippen LogP contribution is -2.22. The minimum atomic E-state index is 0.0841. The SMILES string of the molecule is O=C1c2ccccc2CN1c1cccc(-c2ccccc2)c1. The third-order valence-electron chi connectivity index (χ3n) is 4.09. The number of hydrogen-bond acceptors (Lipinski definition) is 1. The number of carbonyl (C=O) groups is 1. The molecule has 1 amide bonds. The van der Waals surface area contributed by atoms with E-state index in [1.807, 2.05) is 59.5 Å². The first-order chi connectivity index (χ1) is 10.8. The highest BCUT2D eigenvalue weighted by Crippen LogP contribution is 2.31. The molecule has 106 valence electrons. The smallest absolute Gasteiger partial charge is 0.258 e. The predicted octanol–water partition coefficient (Wildman–Crippen LogP) is 4.51. The van der Waals surface area contributed by atoms with Crippen LogP contribution in [0.4, 0.5) is 5.69 Å². The lowest BCUT2D eigenvalue weighted by Gasteiger charge is -2.17. The van der Waals surface area contributed by atoms with Crippen molar-refractivity contribution in [1.29, 1.82) is 0 Å². The van der Waals surface area contributed by atoms with Gasteiger partial charge in [0, 0.05) is 11.3 Å². The molecule has 2 heteroatoms. The van der Waals surface area contributed by atoms with Crippen LogP contribution in [0, 0.1) is 0 Å². The maximum absolute atomic E-state index is 12.6. The first-order valence-corrected chi connectivity index (χ1v) is 7.38. The maximum Gasteiger partial charge on any atom is 0.258 e. The summed E-state index contributed by atoms with van der Waals surface area (Å²) in [6, 6.07) is 26.2. The topological polar surface area (TPSA) is 20.3 Å². The Morgan fingerprint density at radius 2 is 1.45 bits per heavy atom. The second-order valence-corrected chi connectivity index (χ2v) is 5.46. The first-order valence-electron chi connectivity index (χ1n) is 7.38. The van der Waals surface area contributed by atoms with Gasteiger partial charge in [-0.3, -0.25) is 4.79 Å². The Balaban J connectivity index is 1.72. The number of amides is 1. The van der Waals surface area contributed by atoms with Crippen molar-refractivity contribution in [3.63, 3.8) is 0 Å². The van der Waals surface area contributed by atoms with Crippen molar-refractivity contribution >= 4 is 11.6 Å². The minimum absolute atomic E-state index is 0.0841. The molecule has 1 aliphatic heterocycles. The number of carbonyl (C=O) groups excluding carboxylic acids is 1. The maximum atomic E-state index is 12.6. The van der Waals surface area contributed by atoms with Crippen LogP contribution in [0.25, 0.3) is 11.1 Å². The molecule has 4 rings (SSSR count). The molecular weight excluding hydrogens is 270 g/mol. The van der Waals surface area contributed by atoms with E-state index in [1.165, 1.54) is 0 Å². The second-order valence-electron chi connectivity index (χ2n) is 5.46. The summed E-state index contributed by atoms with van der Waals surface area (Å²) in [4.78, 5) is 14.4. The van der Waals surface area contributed by atoms with Crippen LogP contribution in [0.1, 0.15) is 15.9 Å². The van der Waals surface area contributed by atoms with Crippen LogP contribution in [0.2, 0.25) is 0 Å². The van der Waals surface area contributed by atoms with Gasteiger partial charge < -0.3 is 4.90 Å². The van der Waals surface area contributed by atoms with E-state index in [-0.39, 0.29) is 5.91 Å². The van der Waals surface area contributed by atoms with E-state index in [9.17, 15) is 4.79 Å². The molecule has 22 heavy (non-hydrogen) atoms. The monoisotopic (exact) mass is 285 g/mol. The summed E-state index contributed by atoms with van der Waals surface area (Å²) in [7, 11) is 0. The quantitative estimate of drug-likeness (QED) is 0.678. The summed E-state index contributed by atoms with van der Waals surface area (Å²) in [6.45, 7) is 0.646. The summed E-state index contributed by atoms with van der Waals surface area (Å²) >= 11 is 0. The minimum Gasteiger partial charge on any atom is -0.304 e. The van der Waals surface area contributed by atoms with Crippen molar-refractivity contribution in [1.82, 2.24) is 0 Å². The van der Waals surface area contributed by atoms with Gasteiger partial charge in [-0.25, -0.2) is 0 Å². The van der Waals surface area contributed by atoms with Gasteiger partial charge >= 0.3 is 0 Å². The van der Waals surface area contributed by atoms with Gasteiger partial charge in [0.15, 0.2) is 0 Å². The highest BCUT2D eigenvalue weighted by Gasteiger charge is 2.27. The molecule has 2 nitrogen and oxygen atoms in total. The first kappa shape index (κ1) is 12.8. The molecule has 0 N–H and O–H groups in total. The van der Waals surface area contributed by atoms with E-state index in [0.717, 1.165) is 27.9 Å². The van der Waals surface area contributed by atoms with Crippen molar-refractivity contribution < 1.29 is 4.79 Å². The fourth-order valence-corrected chi connectivity index (χ4v) is 2.95. The molecule has 0 fully saturated rings. The highest BCUT2D eigenvalue weighted by atomic mass is 16.2. The standard InChI is InChI=1S/C20H15NO/c22-20-19-12-5-4-9-17(19)14-21(20)18-11-6-10-16(13-18)15-7-2-1-3-8-15/h1-13H,14H2. The predicted molar refractivity (Wildman–Crippen MR) is 88.8 cm³/mol. The molecule has 0 radical (unpaired) electrons. The molecule has 0 unspecified atom stereocenters. The Hall–Kier alpha value is -2.87. The average Bonchev–Trinajstić information content (AvgIpc) is 2.93. The zero-order valence-electron chi connectivity index (χ0n) is 12.1. The molecule has 0 saturated heterocycles. The van der Waals surface area contributed by atoms with E-state index in [0.29, 0.717) is 6.54 Å². The van der Waals surface area contributed by atoms with Gasteiger partial charge in [0.2, 0.25) is 0 Å². The molecular formula is C20H15NO. The van der Waals surface area contributed by atoms with Crippen LogP contribution in [0.5, 0.6) is 0 Å². The van der Waals surface area contributed by atoms with Crippen LogP contribution >= 0.6 is 0 Å². The van der Waals surface area contributed by atoms with Gasteiger partial charge in [0.1, 0.15) is 0 Å². The molecule has 3 aromatic carbocycles. The molecule has 1 aliphatic rings. The molecule has 0 saturated carbocycles. The van der Waals surface area contributed by atoms with E-state index >= 15 is 0 Å². The van der Waals surface area contributed by atoms with Gasteiger partial charge in [-0.15, -0.1) is 0 Å². The van der Waals surface area contributed by atoms with Crippen molar-refractivity contribution in [3.05, 3.63) is 90.0 Å². The molecule has 0 atom stereocenters. The van der Waals surface area contributed by atoms with E-state index in [2.05, 4.69) is 24.3 Å². The fourth-order valence-electron chi connectivity index (χ4n) is 2.95. The number of hydrogen-bond donors (Lipinski definition) is 0. The van der Waals surface area contributed by atoms with Crippen LogP contribution in [-0.2, 0) is 6.54 Å². The Labute approximate surface area is 129 Å². The Kier molecular flexibility index (Phi) is 3.01. The van der Waals surface area contributed by atoms with Gasteiger partial charge in [-0.1, -0.05) is 60.7 Å². The number of fused-ring (bicyclic) bond motifs is 1. The number of benzene rings is 3. The molecule has 0 spiro atoms. The lowest BCUT2D eigenvalue weighted by molar-refractivity contribution is 0.0996. The summed E-state index contributed by atoms with van der Waals surface area (Å²) in [5.74, 6) is 0.0841. The largest absolute Gasteiger partial charge is 0.304 e. The number of anilines is 1. The fraction of sp³-hybridized carbons (Fsp3) is 0.0500. The van der Waals surface area contributed by atoms with E-state index in [4.69, 9.17) is 0 Å².